The number of Topliss-reactive ketones (excluding diaryl/α,β-unsaturated/α-hetero) is 1. The Hall–Kier alpha value is -1.84. The molecule has 0 heterocycles. The molecule has 0 fully saturated rings. The maximum absolute atomic E-state index is 11.5. The van der Waals surface area contributed by atoms with Crippen molar-refractivity contribution >= 4 is 11.8 Å². The first-order chi connectivity index (χ1) is 9.04. The molecule has 0 amide bonds. The van der Waals surface area contributed by atoms with Crippen LogP contribution in [0.4, 0.5) is 0 Å². The first-order valence-electron chi connectivity index (χ1n) is 6.44. The normalized spacial score (nSPS) is 10.1. The van der Waals surface area contributed by atoms with Gasteiger partial charge in [-0.25, -0.2) is 4.79 Å². The van der Waals surface area contributed by atoms with Gasteiger partial charge in [-0.1, -0.05) is 25.0 Å². The highest BCUT2D eigenvalue weighted by Crippen LogP contribution is 2.20. The molecule has 0 aliphatic carbocycles. The number of rotatable bonds is 7. The van der Waals surface area contributed by atoms with Gasteiger partial charge in [0.15, 0.2) is 12.4 Å². The minimum absolute atomic E-state index is 0.0851. The van der Waals surface area contributed by atoms with Crippen molar-refractivity contribution in [3.05, 3.63) is 29.3 Å². The molecular weight excluding hydrogens is 244 g/mol. The fraction of sp³-hybridized carbons (Fsp3) is 0.467. The number of aryl methyl sites for hydroxylation is 1. The molecule has 0 saturated heterocycles. The Morgan fingerprint density at radius 3 is 2.63 bits per heavy atom. The summed E-state index contributed by atoms with van der Waals surface area (Å²) >= 11 is 0. The van der Waals surface area contributed by atoms with E-state index in [4.69, 9.17) is 9.47 Å². The van der Waals surface area contributed by atoms with E-state index in [0.29, 0.717) is 17.9 Å². The fourth-order valence-corrected chi connectivity index (χ4v) is 1.55. The van der Waals surface area contributed by atoms with Crippen molar-refractivity contribution in [2.24, 2.45) is 0 Å². The average molecular weight is 264 g/mol. The Kier molecular flexibility index (Phi) is 6.06. The monoisotopic (exact) mass is 264 g/mol. The molecule has 0 aliphatic heterocycles. The van der Waals surface area contributed by atoms with Gasteiger partial charge < -0.3 is 9.47 Å². The third-order valence-corrected chi connectivity index (χ3v) is 2.62. The maximum atomic E-state index is 11.5. The smallest absolute Gasteiger partial charge is 0.344 e. The summed E-state index contributed by atoms with van der Waals surface area (Å²) in [4.78, 5) is 22.9. The number of carbonyl (C=O) groups excluding carboxylic acids is 2. The molecule has 0 atom stereocenters. The Bertz CT molecular complexity index is 451. The average Bonchev–Trinajstić information content (AvgIpc) is 2.37. The molecule has 0 aliphatic rings. The Labute approximate surface area is 113 Å². The van der Waals surface area contributed by atoms with E-state index in [9.17, 15) is 9.59 Å². The summed E-state index contributed by atoms with van der Waals surface area (Å²) < 4.78 is 10.3. The predicted molar refractivity (Wildman–Crippen MR) is 72.5 cm³/mol. The maximum Gasteiger partial charge on any atom is 0.344 e. The molecule has 0 N–H and O–H groups in total. The molecule has 0 saturated carbocycles. The summed E-state index contributed by atoms with van der Waals surface area (Å²) in [5.41, 5.74) is 1.46. The van der Waals surface area contributed by atoms with E-state index >= 15 is 0 Å². The second kappa shape index (κ2) is 7.56. The Balaban J connectivity index is 2.57. The molecule has 4 nitrogen and oxygen atoms in total. The summed E-state index contributed by atoms with van der Waals surface area (Å²) in [7, 11) is 0. The van der Waals surface area contributed by atoms with Gasteiger partial charge in [0.2, 0.25) is 0 Å². The lowest BCUT2D eigenvalue weighted by Gasteiger charge is -2.10. The summed E-state index contributed by atoms with van der Waals surface area (Å²) in [6.07, 6.45) is 1.82. The number of benzene rings is 1. The van der Waals surface area contributed by atoms with Gasteiger partial charge in [-0.3, -0.25) is 4.79 Å². The van der Waals surface area contributed by atoms with Gasteiger partial charge in [-0.15, -0.1) is 0 Å². The number of ether oxygens (including phenoxy) is 2. The highest BCUT2D eigenvalue weighted by molar-refractivity contribution is 5.97. The largest absolute Gasteiger partial charge is 0.481 e. The standard InChI is InChI=1S/C15H20O4/c1-4-5-8-18-15(17)10-19-14-7-6-11(2)9-13(14)12(3)16/h6-7,9H,4-5,8,10H2,1-3H3. The molecule has 0 bridgehead atoms. The lowest BCUT2D eigenvalue weighted by Crippen LogP contribution is -2.16. The third-order valence-electron chi connectivity index (χ3n) is 2.62. The quantitative estimate of drug-likeness (QED) is 0.431. The number of esters is 1. The molecule has 0 unspecified atom stereocenters. The highest BCUT2D eigenvalue weighted by atomic mass is 16.6. The van der Waals surface area contributed by atoms with Crippen LogP contribution < -0.4 is 4.74 Å². The van der Waals surface area contributed by atoms with Gasteiger partial charge in [0.25, 0.3) is 0 Å². The summed E-state index contributed by atoms with van der Waals surface area (Å²) in [5, 5.41) is 0. The van der Waals surface area contributed by atoms with Crippen molar-refractivity contribution in [3.63, 3.8) is 0 Å². The number of ketones is 1. The SMILES string of the molecule is CCCCOC(=O)COc1ccc(C)cc1C(C)=O. The zero-order valence-electron chi connectivity index (χ0n) is 11.7. The van der Waals surface area contributed by atoms with E-state index in [1.54, 1.807) is 12.1 Å². The molecule has 0 radical (unpaired) electrons. The van der Waals surface area contributed by atoms with Gasteiger partial charge in [-0.05, 0) is 32.4 Å². The minimum atomic E-state index is -0.413. The van der Waals surface area contributed by atoms with E-state index in [-0.39, 0.29) is 12.4 Å². The number of hydrogen-bond acceptors (Lipinski definition) is 4. The van der Waals surface area contributed by atoms with Gasteiger partial charge in [0.1, 0.15) is 5.75 Å². The molecule has 0 aromatic heterocycles. The van der Waals surface area contributed by atoms with Gasteiger partial charge in [0.05, 0.1) is 12.2 Å². The van der Waals surface area contributed by atoms with Crippen LogP contribution in [0.3, 0.4) is 0 Å². The first-order valence-corrected chi connectivity index (χ1v) is 6.44. The number of hydrogen-bond donors (Lipinski definition) is 0. The van der Waals surface area contributed by atoms with E-state index in [2.05, 4.69) is 0 Å². The summed E-state index contributed by atoms with van der Waals surface area (Å²) in [6, 6.07) is 5.29. The van der Waals surface area contributed by atoms with E-state index in [0.717, 1.165) is 18.4 Å². The zero-order chi connectivity index (χ0) is 14.3. The molecule has 0 spiro atoms. The lowest BCUT2D eigenvalue weighted by molar-refractivity contribution is -0.146. The molecular formula is C15H20O4. The Morgan fingerprint density at radius 2 is 2.00 bits per heavy atom. The second-order valence-electron chi connectivity index (χ2n) is 4.42. The highest BCUT2D eigenvalue weighted by Gasteiger charge is 2.11. The van der Waals surface area contributed by atoms with Gasteiger partial charge in [0, 0.05) is 0 Å². The zero-order valence-corrected chi connectivity index (χ0v) is 11.7. The molecule has 4 heteroatoms. The number of carbonyl (C=O) groups is 2. The predicted octanol–water partition coefficient (Wildman–Crippen LogP) is 2.92. The fourth-order valence-electron chi connectivity index (χ4n) is 1.55. The molecule has 1 rings (SSSR count). The summed E-state index contributed by atoms with van der Waals surface area (Å²) in [5.74, 6) is -0.0767. The number of unbranched alkanes of at least 4 members (excludes halogenated alkanes) is 1. The second-order valence-corrected chi connectivity index (χ2v) is 4.42. The van der Waals surface area contributed by atoms with Crippen molar-refractivity contribution in [1.29, 1.82) is 0 Å². The van der Waals surface area contributed by atoms with Crippen molar-refractivity contribution < 1.29 is 19.1 Å². The van der Waals surface area contributed by atoms with Crippen molar-refractivity contribution in [1.82, 2.24) is 0 Å². The van der Waals surface area contributed by atoms with Gasteiger partial charge >= 0.3 is 5.97 Å². The minimum Gasteiger partial charge on any atom is -0.481 e. The topological polar surface area (TPSA) is 52.6 Å². The van der Waals surface area contributed by atoms with Crippen LogP contribution in [0.5, 0.6) is 5.75 Å². The van der Waals surface area contributed by atoms with Crippen LogP contribution in [0.25, 0.3) is 0 Å². The van der Waals surface area contributed by atoms with Crippen molar-refractivity contribution in [2.75, 3.05) is 13.2 Å². The molecule has 1 aromatic carbocycles. The van der Waals surface area contributed by atoms with E-state index < -0.39 is 5.97 Å². The summed E-state index contributed by atoms with van der Waals surface area (Å²) in [6.45, 7) is 5.63. The van der Waals surface area contributed by atoms with Crippen LogP contribution in [0, 0.1) is 6.92 Å². The third kappa shape index (κ3) is 5.12. The van der Waals surface area contributed by atoms with Crippen molar-refractivity contribution in [2.45, 2.75) is 33.6 Å². The van der Waals surface area contributed by atoms with Crippen LogP contribution in [0.2, 0.25) is 0 Å². The Morgan fingerprint density at radius 1 is 1.26 bits per heavy atom. The van der Waals surface area contributed by atoms with E-state index in [1.165, 1.54) is 6.92 Å². The van der Waals surface area contributed by atoms with Crippen LogP contribution in [-0.4, -0.2) is 25.0 Å². The van der Waals surface area contributed by atoms with Crippen LogP contribution in [0.15, 0.2) is 18.2 Å². The van der Waals surface area contributed by atoms with Crippen molar-refractivity contribution in [3.8, 4) is 5.75 Å². The molecule has 19 heavy (non-hydrogen) atoms. The molecule has 1 aromatic rings. The lowest BCUT2D eigenvalue weighted by atomic mass is 10.1. The van der Waals surface area contributed by atoms with Gasteiger partial charge in [-0.2, -0.15) is 0 Å². The van der Waals surface area contributed by atoms with Crippen LogP contribution in [0.1, 0.15) is 42.6 Å². The van der Waals surface area contributed by atoms with Crippen LogP contribution >= 0.6 is 0 Å². The molecule has 104 valence electrons. The van der Waals surface area contributed by atoms with E-state index in [1.807, 2.05) is 19.9 Å². The van der Waals surface area contributed by atoms with Crippen LogP contribution in [-0.2, 0) is 9.53 Å². The first kappa shape index (κ1) is 15.2.